The van der Waals surface area contributed by atoms with Gasteiger partial charge in [0.05, 0.1) is 11.1 Å². The van der Waals surface area contributed by atoms with Crippen LogP contribution in [-0.4, -0.2) is 12.5 Å². The van der Waals surface area contributed by atoms with Gasteiger partial charge in [0.1, 0.15) is 0 Å². The first-order chi connectivity index (χ1) is 7.57. The van der Waals surface area contributed by atoms with Gasteiger partial charge in [-0.2, -0.15) is 0 Å². The van der Waals surface area contributed by atoms with Crippen molar-refractivity contribution in [3.63, 3.8) is 0 Å². The van der Waals surface area contributed by atoms with Crippen LogP contribution >= 0.6 is 15.9 Å². The van der Waals surface area contributed by atoms with Crippen molar-refractivity contribution in [3.05, 3.63) is 28.2 Å². The number of carbonyl (C=O) groups excluding carboxylic acids is 1. The smallest absolute Gasteiger partial charge is 0.231 e. The summed E-state index contributed by atoms with van der Waals surface area (Å²) in [5, 5.41) is 2.94. The molecule has 86 valence electrons. The van der Waals surface area contributed by atoms with Crippen LogP contribution < -0.4 is 11.1 Å². The number of benzene rings is 1. The summed E-state index contributed by atoms with van der Waals surface area (Å²) in [7, 11) is 0. The number of hydrogen-bond acceptors (Lipinski definition) is 2. The van der Waals surface area contributed by atoms with Crippen molar-refractivity contribution >= 4 is 27.5 Å². The Morgan fingerprint density at radius 1 is 1.56 bits per heavy atom. The van der Waals surface area contributed by atoms with Crippen molar-refractivity contribution in [2.45, 2.75) is 19.8 Å². The van der Waals surface area contributed by atoms with Gasteiger partial charge in [0.15, 0.2) is 0 Å². The Hall–Kier alpha value is -0.870. The molecule has 16 heavy (non-hydrogen) atoms. The minimum Gasteiger partial charge on any atom is -0.329 e. The van der Waals surface area contributed by atoms with E-state index in [1.54, 1.807) is 0 Å². The molecular weight excluding hydrogens is 268 g/mol. The van der Waals surface area contributed by atoms with Crippen molar-refractivity contribution in [2.75, 3.05) is 11.9 Å². The van der Waals surface area contributed by atoms with Crippen LogP contribution in [0.3, 0.4) is 0 Å². The van der Waals surface area contributed by atoms with E-state index in [2.05, 4.69) is 21.2 Å². The average Bonchev–Trinajstić information content (AvgIpc) is 3.04. The number of rotatable bonds is 3. The SMILES string of the molecule is Cc1ccc(Br)c(NC(=O)C2(CN)CC2)c1. The predicted molar refractivity (Wildman–Crippen MR) is 68.2 cm³/mol. The summed E-state index contributed by atoms with van der Waals surface area (Å²) < 4.78 is 0.902. The second-order valence-electron chi connectivity index (χ2n) is 4.42. The molecule has 3 N–H and O–H groups in total. The molecule has 2 rings (SSSR count). The molecule has 0 aromatic heterocycles. The summed E-state index contributed by atoms with van der Waals surface area (Å²) in [6.45, 7) is 2.43. The molecule has 0 unspecified atom stereocenters. The Kier molecular flexibility index (Phi) is 3.04. The van der Waals surface area contributed by atoms with Gasteiger partial charge in [0, 0.05) is 11.0 Å². The van der Waals surface area contributed by atoms with Gasteiger partial charge in [0.2, 0.25) is 5.91 Å². The third-order valence-electron chi connectivity index (χ3n) is 3.10. The van der Waals surface area contributed by atoms with E-state index >= 15 is 0 Å². The molecule has 3 nitrogen and oxygen atoms in total. The van der Waals surface area contributed by atoms with Crippen molar-refractivity contribution in [3.8, 4) is 0 Å². The van der Waals surface area contributed by atoms with E-state index in [9.17, 15) is 4.79 Å². The topological polar surface area (TPSA) is 55.1 Å². The molecule has 0 atom stereocenters. The second-order valence-corrected chi connectivity index (χ2v) is 5.28. The molecule has 0 heterocycles. The molecule has 1 aliphatic rings. The normalized spacial score (nSPS) is 16.9. The van der Waals surface area contributed by atoms with E-state index in [0.29, 0.717) is 6.54 Å². The molecule has 1 aliphatic carbocycles. The fraction of sp³-hybridized carbons (Fsp3) is 0.417. The number of hydrogen-bond donors (Lipinski definition) is 2. The Balaban J connectivity index is 2.15. The molecule has 4 heteroatoms. The molecule has 1 aromatic rings. The van der Waals surface area contributed by atoms with Gasteiger partial charge >= 0.3 is 0 Å². The Morgan fingerprint density at radius 2 is 2.25 bits per heavy atom. The Labute approximate surface area is 104 Å². The van der Waals surface area contributed by atoms with Crippen LogP contribution in [-0.2, 0) is 4.79 Å². The summed E-state index contributed by atoms with van der Waals surface area (Å²) in [5.41, 5.74) is 7.26. The first-order valence-electron chi connectivity index (χ1n) is 5.35. The van der Waals surface area contributed by atoms with Gasteiger partial charge in [-0.3, -0.25) is 4.79 Å². The summed E-state index contributed by atoms with van der Waals surface area (Å²) in [4.78, 5) is 12.0. The third-order valence-corrected chi connectivity index (χ3v) is 3.79. The number of nitrogens with two attached hydrogens (primary N) is 1. The molecule has 1 fully saturated rings. The maximum atomic E-state index is 12.0. The highest BCUT2D eigenvalue weighted by Crippen LogP contribution is 2.45. The van der Waals surface area contributed by atoms with E-state index in [1.165, 1.54) is 0 Å². The monoisotopic (exact) mass is 282 g/mol. The number of aryl methyl sites for hydroxylation is 1. The van der Waals surface area contributed by atoms with Gasteiger partial charge < -0.3 is 11.1 Å². The highest BCUT2D eigenvalue weighted by molar-refractivity contribution is 9.10. The fourth-order valence-corrected chi connectivity index (χ4v) is 2.01. The number of halogens is 1. The summed E-state index contributed by atoms with van der Waals surface area (Å²) in [6, 6.07) is 5.89. The quantitative estimate of drug-likeness (QED) is 0.895. The van der Waals surface area contributed by atoms with E-state index in [4.69, 9.17) is 5.73 Å². The third kappa shape index (κ3) is 2.13. The highest BCUT2D eigenvalue weighted by Gasteiger charge is 2.48. The lowest BCUT2D eigenvalue weighted by Crippen LogP contribution is -2.30. The maximum absolute atomic E-state index is 12.0. The van der Waals surface area contributed by atoms with Crippen LogP contribution in [0.5, 0.6) is 0 Å². The summed E-state index contributed by atoms with van der Waals surface area (Å²) in [5.74, 6) is 0.0429. The molecular formula is C12H15BrN2O. The molecule has 1 amide bonds. The van der Waals surface area contributed by atoms with Gasteiger partial charge in [-0.25, -0.2) is 0 Å². The zero-order valence-corrected chi connectivity index (χ0v) is 10.8. The second kappa shape index (κ2) is 4.18. The van der Waals surface area contributed by atoms with Gasteiger partial charge in [-0.1, -0.05) is 6.07 Å². The standard InChI is InChI=1S/C12H15BrN2O/c1-8-2-3-9(13)10(6-8)15-11(16)12(7-14)4-5-12/h2-3,6H,4-5,7,14H2,1H3,(H,15,16). The number of anilines is 1. The molecule has 0 saturated heterocycles. The van der Waals surface area contributed by atoms with Crippen LogP contribution in [0.1, 0.15) is 18.4 Å². The van der Waals surface area contributed by atoms with Gasteiger partial charge in [-0.05, 0) is 53.4 Å². The number of carbonyl (C=O) groups is 1. The molecule has 0 bridgehead atoms. The van der Waals surface area contributed by atoms with E-state index in [1.807, 2.05) is 25.1 Å². The van der Waals surface area contributed by atoms with Crippen molar-refractivity contribution in [2.24, 2.45) is 11.1 Å². The lowest BCUT2D eigenvalue weighted by molar-refractivity contribution is -0.120. The first kappa shape index (κ1) is 11.6. The van der Waals surface area contributed by atoms with Crippen molar-refractivity contribution < 1.29 is 4.79 Å². The predicted octanol–water partition coefficient (Wildman–Crippen LogP) is 2.43. The van der Waals surface area contributed by atoms with Crippen molar-refractivity contribution in [1.82, 2.24) is 0 Å². The van der Waals surface area contributed by atoms with Gasteiger partial charge in [-0.15, -0.1) is 0 Å². The molecule has 1 aromatic carbocycles. The van der Waals surface area contributed by atoms with E-state index in [0.717, 1.165) is 28.6 Å². The van der Waals surface area contributed by atoms with Crippen LogP contribution in [0.25, 0.3) is 0 Å². The zero-order chi connectivity index (χ0) is 11.8. The average molecular weight is 283 g/mol. The summed E-state index contributed by atoms with van der Waals surface area (Å²) in [6.07, 6.45) is 1.80. The van der Waals surface area contributed by atoms with E-state index < -0.39 is 0 Å². The Morgan fingerprint density at radius 3 is 2.81 bits per heavy atom. The lowest BCUT2D eigenvalue weighted by Gasteiger charge is -2.14. The van der Waals surface area contributed by atoms with Crippen LogP contribution in [0.15, 0.2) is 22.7 Å². The highest BCUT2D eigenvalue weighted by atomic mass is 79.9. The minimum atomic E-state index is -0.302. The van der Waals surface area contributed by atoms with Crippen LogP contribution in [0.4, 0.5) is 5.69 Å². The number of nitrogens with one attached hydrogen (secondary N) is 1. The first-order valence-corrected chi connectivity index (χ1v) is 6.14. The molecule has 0 aliphatic heterocycles. The zero-order valence-electron chi connectivity index (χ0n) is 9.22. The summed E-state index contributed by atoms with van der Waals surface area (Å²) >= 11 is 3.42. The molecule has 1 saturated carbocycles. The molecule has 0 radical (unpaired) electrons. The molecule has 0 spiro atoms. The fourth-order valence-electron chi connectivity index (χ4n) is 1.66. The minimum absolute atomic E-state index is 0.0429. The van der Waals surface area contributed by atoms with E-state index in [-0.39, 0.29) is 11.3 Å². The Bertz CT molecular complexity index is 427. The van der Waals surface area contributed by atoms with Gasteiger partial charge in [0.25, 0.3) is 0 Å². The van der Waals surface area contributed by atoms with Crippen LogP contribution in [0, 0.1) is 12.3 Å². The van der Waals surface area contributed by atoms with Crippen molar-refractivity contribution in [1.29, 1.82) is 0 Å². The lowest BCUT2D eigenvalue weighted by atomic mass is 10.1. The maximum Gasteiger partial charge on any atom is 0.231 e. The largest absolute Gasteiger partial charge is 0.329 e. The van der Waals surface area contributed by atoms with Crippen LogP contribution in [0.2, 0.25) is 0 Å². The number of amides is 1.